The molecule has 35 heavy (non-hydrogen) atoms. The van der Waals surface area contributed by atoms with E-state index >= 15 is 0 Å². The fourth-order valence-electron chi connectivity index (χ4n) is 3.45. The van der Waals surface area contributed by atoms with E-state index in [4.69, 9.17) is 14.9 Å². The summed E-state index contributed by atoms with van der Waals surface area (Å²) >= 11 is 2.89. The van der Waals surface area contributed by atoms with Crippen molar-refractivity contribution in [3.8, 4) is 5.75 Å². The van der Waals surface area contributed by atoms with E-state index in [9.17, 15) is 14.4 Å². The summed E-state index contributed by atoms with van der Waals surface area (Å²) in [5.74, 6) is 0.733. The number of nitrogens with zero attached hydrogens (tertiary/aromatic N) is 1. The van der Waals surface area contributed by atoms with Crippen molar-refractivity contribution in [2.75, 3.05) is 25.2 Å². The van der Waals surface area contributed by atoms with E-state index in [1.54, 1.807) is 18.9 Å². The van der Waals surface area contributed by atoms with Gasteiger partial charge in [-0.2, -0.15) is 0 Å². The zero-order valence-electron chi connectivity index (χ0n) is 19.3. The van der Waals surface area contributed by atoms with Crippen molar-refractivity contribution >= 4 is 41.3 Å². The molecule has 10 heteroatoms. The van der Waals surface area contributed by atoms with Gasteiger partial charge in [0.1, 0.15) is 11.4 Å². The lowest BCUT2D eigenvalue weighted by Gasteiger charge is -2.43. The summed E-state index contributed by atoms with van der Waals surface area (Å²) in [5.41, 5.74) is 2.19. The number of carboxylic acids is 1. The number of methoxy groups -OCH3 is 1. The number of benzene rings is 2. The van der Waals surface area contributed by atoms with E-state index in [0.717, 1.165) is 16.9 Å². The lowest BCUT2D eigenvalue weighted by atomic mass is 10.1. The minimum Gasteiger partial charge on any atom is -0.497 e. The lowest BCUT2D eigenvalue weighted by Crippen LogP contribution is -2.53. The van der Waals surface area contributed by atoms with Gasteiger partial charge in [-0.3, -0.25) is 14.5 Å². The largest absolute Gasteiger partial charge is 0.497 e. The van der Waals surface area contributed by atoms with E-state index in [1.807, 2.05) is 54.6 Å². The van der Waals surface area contributed by atoms with Gasteiger partial charge in [-0.25, -0.2) is 4.79 Å². The Balaban J connectivity index is 0.000000198. The molecule has 0 bridgehead atoms. The monoisotopic (exact) mass is 516 g/mol. The van der Waals surface area contributed by atoms with Crippen molar-refractivity contribution in [1.29, 1.82) is 0 Å². The smallest absolute Gasteiger partial charge is 0.353 e. The van der Waals surface area contributed by atoms with Crippen molar-refractivity contribution in [2.45, 2.75) is 24.8 Å². The van der Waals surface area contributed by atoms with Gasteiger partial charge in [0.25, 0.3) is 0 Å². The zero-order valence-corrected chi connectivity index (χ0v) is 20.9. The number of carbonyl (C=O) groups excluding carboxylic acids is 2. The second-order valence-electron chi connectivity index (χ2n) is 7.67. The molecule has 3 N–H and O–H groups in total. The minimum absolute atomic E-state index is 0.00271. The van der Waals surface area contributed by atoms with Gasteiger partial charge in [0.2, 0.25) is 11.8 Å². The molecule has 0 saturated carbocycles. The second kappa shape index (κ2) is 13.2. The summed E-state index contributed by atoms with van der Waals surface area (Å²) in [7, 11) is 1.64. The van der Waals surface area contributed by atoms with Crippen LogP contribution in [-0.2, 0) is 27.3 Å². The quantitative estimate of drug-likeness (QED) is 0.436. The van der Waals surface area contributed by atoms with Crippen LogP contribution < -0.4 is 10.1 Å². The predicted octanol–water partition coefficient (Wildman–Crippen LogP) is 2.87. The van der Waals surface area contributed by atoms with Crippen LogP contribution >= 0.6 is 23.5 Å². The Bertz CT molecular complexity index is 1060. The first-order chi connectivity index (χ1) is 16.9. The Hall–Kier alpha value is -2.95. The number of amides is 2. The summed E-state index contributed by atoms with van der Waals surface area (Å²) in [4.78, 5) is 36.3. The van der Waals surface area contributed by atoms with Crippen LogP contribution in [0.1, 0.15) is 17.5 Å². The molecule has 0 radical (unpaired) electrons. The number of aliphatic hydroxyl groups excluding tert-OH is 1. The Kier molecular flexibility index (Phi) is 10.1. The van der Waals surface area contributed by atoms with Gasteiger partial charge in [0.15, 0.2) is 0 Å². The van der Waals surface area contributed by atoms with Crippen molar-refractivity contribution in [1.82, 2.24) is 10.2 Å². The minimum atomic E-state index is -1.06. The topological polar surface area (TPSA) is 116 Å². The molecule has 186 valence electrons. The SMILES string of the molecule is COc1ccc(CNC(=O)Cc2ccccc2)cc1.O=C(O)C1=C(SCCO)CS[C@H]2CC(=O)N12. The third-order valence-electron chi connectivity index (χ3n) is 5.24. The summed E-state index contributed by atoms with van der Waals surface area (Å²) in [5, 5.41) is 20.7. The number of aliphatic carboxylic acids is 1. The second-order valence-corrected chi connectivity index (χ2v) is 10.0. The first-order valence-corrected chi connectivity index (χ1v) is 13.0. The Morgan fingerprint density at radius 3 is 2.46 bits per heavy atom. The van der Waals surface area contributed by atoms with Crippen LogP contribution in [0.4, 0.5) is 0 Å². The van der Waals surface area contributed by atoms with Gasteiger partial charge in [-0.1, -0.05) is 42.5 Å². The number of carbonyl (C=O) groups is 3. The van der Waals surface area contributed by atoms with Gasteiger partial charge >= 0.3 is 5.97 Å². The van der Waals surface area contributed by atoms with Crippen LogP contribution in [0, 0.1) is 0 Å². The van der Waals surface area contributed by atoms with E-state index < -0.39 is 5.97 Å². The highest BCUT2D eigenvalue weighted by Gasteiger charge is 2.45. The average molecular weight is 517 g/mol. The number of β-lactam (4-membered cyclic amide) rings is 1. The van der Waals surface area contributed by atoms with Crippen molar-refractivity contribution in [3.63, 3.8) is 0 Å². The van der Waals surface area contributed by atoms with E-state index in [1.165, 1.54) is 16.7 Å². The summed E-state index contributed by atoms with van der Waals surface area (Å²) in [6, 6.07) is 17.4. The highest BCUT2D eigenvalue weighted by molar-refractivity contribution is 8.06. The normalized spacial score (nSPS) is 16.5. The molecule has 1 atom stereocenters. The number of carboxylic acid groups (broad SMARTS) is 1. The number of ether oxygens (including phenoxy) is 1. The lowest BCUT2D eigenvalue weighted by molar-refractivity contribution is -0.146. The first-order valence-electron chi connectivity index (χ1n) is 11.0. The fraction of sp³-hybridized carbons (Fsp3) is 0.320. The molecule has 2 aromatic rings. The molecule has 0 spiro atoms. The van der Waals surface area contributed by atoms with Gasteiger partial charge in [0, 0.05) is 23.0 Å². The van der Waals surface area contributed by atoms with Crippen LogP contribution in [0.15, 0.2) is 65.2 Å². The molecule has 1 saturated heterocycles. The molecule has 2 aliphatic rings. The van der Waals surface area contributed by atoms with Crippen molar-refractivity contribution < 1.29 is 29.3 Å². The number of fused-ring (bicyclic) bond motifs is 1. The fourth-order valence-corrected chi connectivity index (χ4v) is 5.76. The van der Waals surface area contributed by atoms with Gasteiger partial charge in [-0.05, 0) is 23.3 Å². The molecule has 2 heterocycles. The van der Waals surface area contributed by atoms with Gasteiger partial charge in [-0.15, -0.1) is 23.5 Å². The summed E-state index contributed by atoms with van der Waals surface area (Å²) in [6.07, 6.45) is 0.844. The number of rotatable bonds is 9. The molecule has 2 aliphatic heterocycles. The van der Waals surface area contributed by atoms with Gasteiger partial charge < -0.3 is 20.3 Å². The molecular weight excluding hydrogens is 488 g/mol. The first kappa shape index (κ1) is 26.7. The standard InChI is InChI=1S/C16H17NO2.C9H11NO4S2/c1-19-15-9-7-14(8-10-15)12-17-16(18)11-13-5-3-2-4-6-13;11-1-2-15-5-4-16-7-3-6(12)10(7)8(5)9(13)14/h2-10H,11-12H2,1H3,(H,17,18);7,11H,1-4H2,(H,13,14)/t;7-/m.0/s1. The number of thioether (sulfide) groups is 2. The Labute approximate surface area is 212 Å². The molecule has 4 rings (SSSR count). The maximum Gasteiger partial charge on any atom is 0.353 e. The Morgan fingerprint density at radius 2 is 1.86 bits per heavy atom. The highest BCUT2D eigenvalue weighted by atomic mass is 32.2. The number of hydrogen-bond donors (Lipinski definition) is 3. The van der Waals surface area contributed by atoms with E-state index in [2.05, 4.69) is 5.32 Å². The molecule has 2 amide bonds. The highest BCUT2D eigenvalue weighted by Crippen LogP contribution is 2.42. The van der Waals surface area contributed by atoms with Crippen molar-refractivity contribution in [2.24, 2.45) is 0 Å². The average Bonchev–Trinajstić information content (AvgIpc) is 2.87. The van der Waals surface area contributed by atoms with Crippen LogP contribution in [0.5, 0.6) is 5.75 Å². The number of nitrogens with one attached hydrogen (secondary N) is 1. The maximum absolute atomic E-state index is 11.8. The Morgan fingerprint density at radius 1 is 1.14 bits per heavy atom. The molecule has 2 aromatic carbocycles. The number of hydrogen-bond acceptors (Lipinski definition) is 7. The van der Waals surface area contributed by atoms with Crippen molar-refractivity contribution in [3.05, 3.63) is 76.3 Å². The molecule has 0 unspecified atom stereocenters. The van der Waals surface area contributed by atoms with Crippen LogP contribution in [0.3, 0.4) is 0 Å². The molecule has 0 aliphatic carbocycles. The molecule has 8 nitrogen and oxygen atoms in total. The predicted molar refractivity (Wildman–Crippen MR) is 137 cm³/mol. The summed E-state index contributed by atoms with van der Waals surface area (Å²) < 4.78 is 5.09. The molecule has 0 aromatic heterocycles. The van der Waals surface area contributed by atoms with Gasteiger partial charge in [0.05, 0.1) is 31.9 Å². The number of aliphatic hydroxyl groups is 1. The zero-order chi connectivity index (χ0) is 25.2. The van der Waals surface area contributed by atoms with Crippen LogP contribution in [0.2, 0.25) is 0 Å². The van der Waals surface area contributed by atoms with E-state index in [-0.39, 0.29) is 29.5 Å². The van der Waals surface area contributed by atoms with E-state index in [0.29, 0.717) is 35.8 Å². The third kappa shape index (κ3) is 7.51. The van der Waals surface area contributed by atoms with Crippen LogP contribution in [0.25, 0.3) is 0 Å². The third-order valence-corrected chi connectivity index (χ3v) is 7.72. The maximum atomic E-state index is 11.8. The van der Waals surface area contributed by atoms with Crippen LogP contribution in [-0.4, -0.2) is 63.5 Å². The molecule has 1 fully saturated rings. The molecular formula is C25H28N2O6S2. The summed E-state index contributed by atoms with van der Waals surface area (Å²) in [6.45, 7) is 0.540.